The summed E-state index contributed by atoms with van der Waals surface area (Å²) in [5, 5.41) is 4.41. The Morgan fingerprint density at radius 3 is 2.52 bits per heavy atom. The van der Waals surface area contributed by atoms with E-state index in [1.807, 2.05) is 12.1 Å². The summed E-state index contributed by atoms with van der Waals surface area (Å²) in [7, 11) is 0. The van der Waals surface area contributed by atoms with Gasteiger partial charge in [-0.2, -0.15) is 0 Å². The van der Waals surface area contributed by atoms with Crippen LogP contribution in [-0.4, -0.2) is 6.54 Å². The number of halogens is 2. The normalized spacial score (nSPS) is 12.4. The third kappa shape index (κ3) is 4.09. The topological polar surface area (TPSA) is 12.0 Å². The molecule has 0 bridgehead atoms. The molecule has 1 N–H and O–H groups in total. The first-order valence-electron chi connectivity index (χ1n) is 7.28. The molecular weight excluding hydrogens is 346 g/mol. The Balaban J connectivity index is 2.49. The Labute approximate surface area is 140 Å². The van der Waals surface area contributed by atoms with Crippen molar-refractivity contribution in [1.29, 1.82) is 0 Å². The number of aryl methyl sites for hydroxylation is 2. The van der Waals surface area contributed by atoms with Crippen LogP contribution >= 0.6 is 27.5 Å². The van der Waals surface area contributed by atoms with Gasteiger partial charge in [0.15, 0.2) is 0 Å². The first kappa shape index (κ1) is 16.5. The standard InChI is InChI=1S/C18H21BrClN/c1-4-9-21-18(15-8-7-14(20)11-17(15)19)16-10-12(2)5-6-13(16)3/h5-8,10-11,18,21H,4,9H2,1-3H3. The molecule has 0 amide bonds. The van der Waals surface area contributed by atoms with Gasteiger partial charge in [-0.15, -0.1) is 0 Å². The summed E-state index contributed by atoms with van der Waals surface area (Å²) in [6, 6.07) is 12.8. The number of nitrogens with one attached hydrogen (secondary N) is 1. The molecule has 1 atom stereocenters. The van der Waals surface area contributed by atoms with Gasteiger partial charge in [0.05, 0.1) is 6.04 Å². The molecule has 0 heterocycles. The maximum atomic E-state index is 6.08. The largest absolute Gasteiger partial charge is 0.306 e. The molecule has 0 aromatic heterocycles. The lowest BCUT2D eigenvalue weighted by Gasteiger charge is -2.23. The van der Waals surface area contributed by atoms with E-state index in [-0.39, 0.29) is 6.04 Å². The summed E-state index contributed by atoms with van der Waals surface area (Å²) < 4.78 is 1.05. The van der Waals surface area contributed by atoms with Gasteiger partial charge in [-0.1, -0.05) is 64.3 Å². The van der Waals surface area contributed by atoms with Crippen LogP contribution in [0, 0.1) is 13.8 Å². The van der Waals surface area contributed by atoms with E-state index in [1.165, 1.54) is 22.3 Å². The number of hydrogen-bond donors (Lipinski definition) is 1. The Kier molecular flexibility index (Phi) is 5.86. The lowest BCUT2D eigenvalue weighted by atomic mass is 9.93. The van der Waals surface area contributed by atoms with Crippen molar-refractivity contribution in [2.24, 2.45) is 0 Å². The van der Waals surface area contributed by atoms with Crippen LogP contribution in [-0.2, 0) is 0 Å². The smallest absolute Gasteiger partial charge is 0.0590 e. The van der Waals surface area contributed by atoms with E-state index in [1.54, 1.807) is 0 Å². The summed E-state index contributed by atoms with van der Waals surface area (Å²) in [6.45, 7) is 7.47. The lowest BCUT2D eigenvalue weighted by molar-refractivity contribution is 0.594. The average molecular weight is 367 g/mol. The van der Waals surface area contributed by atoms with Gasteiger partial charge >= 0.3 is 0 Å². The third-order valence-electron chi connectivity index (χ3n) is 3.62. The zero-order valence-corrected chi connectivity index (χ0v) is 15.1. The van der Waals surface area contributed by atoms with Gasteiger partial charge in [0, 0.05) is 9.50 Å². The molecule has 112 valence electrons. The van der Waals surface area contributed by atoms with Crippen molar-refractivity contribution in [3.63, 3.8) is 0 Å². The minimum atomic E-state index is 0.177. The molecule has 0 aliphatic rings. The molecule has 3 heteroatoms. The predicted octanol–water partition coefficient (Wildman–Crippen LogP) is 5.81. The fraction of sp³-hybridized carbons (Fsp3) is 0.333. The zero-order valence-electron chi connectivity index (χ0n) is 12.7. The van der Waals surface area contributed by atoms with Crippen LogP contribution in [0.15, 0.2) is 40.9 Å². The molecule has 1 nitrogen and oxygen atoms in total. The van der Waals surface area contributed by atoms with E-state index in [0.717, 1.165) is 22.5 Å². The highest BCUT2D eigenvalue weighted by atomic mass is 79.9. The predicted molar refractivity (Wildman–Crippen MR) is 95.2 cm³/mol. The summed E-state index contributed by atoms with van der Waals surface area (Å²) in [4.78, 5) is 0. The van der Waals surface area contributed by atoms with Gasteiger partial charge in [-0.25, -0.2) is 0 Å². The first-order valence-corrected chi connectivity index (χ1v) is 8.45. The van der Waals surface area contributed by atoms with Crippen molar-refractivity contribution in [3.05, 3.63) is 68.1 Å². The molecular formula is C18H21BrClN. The Morgan fingerprint density at radius 1 is 1.10 bits per heavy atom. The molecule has 2 rings (SSSR count). The number of hydrogen-bond acceptors (Lipinski definition) is 1. The van der Waals surface area contributed by atoms with Gasteiger partial charge in [0.1, 0.15) is 0 Å². The quantitative estimate of drug-likeness (QED) is 0.704. The second kappa shape index (κ2) is 7.44. The molecule has 0 radical (unpaired) electrons. The van der Waals surface area contributed by atoms with Crippen molar-refractivity contribution in [1.82, 2.24) is 5.32 Å². The van der Waals surface area contributed by atoms with E-state index in [4.69, 9.17) is 11.6 Å². The molecule has 21 heavy (non-hydrogen) atoms. The Bertz CT molecular complexity index is 625. The highest BCUT2D eigenvalue weighted by molar-refractivity contribution is 9.10. The van der Waals surface area contributed by atoms with E-state index in [2.05, 4.69) is 66.3 Å². The van der Waals surface area contributed by atoms with E-state index < -0.39 is 0 Å². The fourth-order valence-corrected chi connectivity index (χ4v) is 3.39. The second-order valence-corrected chi connectivity index (χ2v) is 6.70. The van der Waals surface area contributed by atoms with Crippen molar-refractivity contribution < 1.29 is 0 Å². The van der Waals surface area contributed by atoms with Crippen LogP contribution in [0.1, 0.15) is 41.6 Å². The van der Waals surface area contributed by atoms with Gasteiger partial charge in [0.25, 0.3) is 0 Å². The van der Waals surface area contributed by atoms with Gasteiger partial charge in [-0.05, 0) is 55.6 Å². The third-order valence-corrected chi connectivity index (χ3v) is 4.54. The highest BCUT2D eigenvalue weighted by Gasteiger charge is 2.18. The van der Waals surface area contributed by atoms with Crippen LogP contribution in [0.3, 0.4) is 0 Å². The molecule has 0 aliphatic carbocycles. The van der Waals surface area contributed by atoms with Crippen molar-refractivity contribution >= 4 is 27.5 Å². The molecule has 0 aliphatic heterocycles. The minimum absolute atomic E-state index is 0.177. The summed E-state index contributed by atoms with van der Waals surface area (Å²) >= 11 is 9.73. The minimum Gasteiger partial charge on any atom is -0.306 e. The summed E-state index contributed by atoms with van der Waals surface area (Å²) in [5.74, 6) is 0. The van der Waals surface area contributed by atoms with Gasteiger partial charge in [-0.3, -0.25) is 0 Å². The van der Waals surface area contributed by atoms with E-state index in [9.17, 15) is 0 Å². The van der Waals surface area contributed by atoms with E-state index in [0.29, 0.717) is 0 Å². The average Bonchev–Trinajstić information content (AvgIpc) is 2.44. The maximum Gasteiger partial charge on any atom is 0.0590 e. The molecule has 2 aromatic rings. The van der Waals surface area contributed by atoms with Crippen molar-refractivity contribution in [2.75, 3.05) is 6.54 Å². The van der Waals surface area contributed by atoms with Crippen LogP contribution in [0.5, 0.6) is 0 Å². The SMILES string of the molecule is CCCNC(c1cc(C)ccc1C)c1ccc(Cl)cc1Br. The Hall–Kier alpha value is -0.830. The second-order valence-electron chi connectivity index (χ2n) is 5.41. The monoisotopic (exact) mass is 365 g/mol. The maximum absolute atomic E-state index is 6.08. The first-order chi connectivity index (χ1) is 10.0. The fourth-order valence-electron chi connectivity index (χ4n) is 2.48. The number of benzene rings is 2. The summed E-state index contributed by atoms with van der Waals surface area (Å²) in [6.07, 6.45) is 1.10. The molecule has 0 saturated carbocycles. The van der Waals surface area contributed by atoms with Gasteiger partial charge in [0.2, 0.25) is 0 Å². The zero-order chi connectivity index (χ0) is 15.4. The van der Waals surface area contributed by atoms with Gasteiger partial charge < -0.3 is 5.32 Å². The molecule has 1 unspecified atom stereocenters. The van der Waals surface area contributed by atoms with Crippen LogP contribution in [0.4, 0.5) is 0 Å². The molecule has 0 saturated heterocycles. The van der Waals surface area contributed by atoms with Crippen LogP contribution in [0.2, 0.25) is 5.02 Å². The van der Waals surface area contributed by atoms with Crippen molar-refractivity contribution in [2.45, 2.75) is 33.2 Å². The highest BCUT2D eigenvalue weighted by Crippen LogP contribution is 2.32. The van der Waals surface area contributed by atoms with E-state index >= 15 is 0 Å². The molecule has 0 fully saturated rings. The summed E-state index contributed by atoms with van der Waals surface area (Å²) in [5.41, 5.74) is 5.13. The Morgan fingerprint density at radius 2 is 1.86 bits per heavy atom. The number of rotatable bonds is 5. The van der Waals surface area contributed by atoms with Crippen LogP contribution < -0.4 is 5.32 Å². The van der Waals surface area contributed by atoms with Crippen LogP contribution in [0.25, 0.3) is 0 Å². The lowest BCUT2D eigenvalue weighted by Crippen LogP contribution is -2.24. The molecule has 0 spiro atoms. The molecule has 2 aromatic carbocycles. The van der Waals surface area contributed by atoms with Crippen molar-refractivity contribution in [3.8, 4) is 0 Å².